The highest BCUT2D eigenvalue weighted by molar-refractivity contribution is 5.87. The van der Waals surface area contributed by atoms with E-state index < -0.39 is 29.7 Å². The Morgan fingerprint density at radius 1 is 0.976 bits per heavy atom. The lowest BCUT2D eigenvalue weighted by Gasteiger charge is -2.45. The van der Waals surface area contributed by atoms with Gasteiger partial charge in [0.25, 0.3) is 0 Å². The maximum absolute atomic E-state index is 13.8. The Bertz CT molecular complexity index is 1140. The van der Waals surface area contributed by atoms with E-state index in [1.807, 2.05) is 65.0 Å². The van der Waals surface area contributed by atoms with Crippen LogP contribution in [0.15, 0.2) is 42.5 Å². The first-order valence-electron chi connectivity index (χ1n) is 14.8. The van der Waals surface area contributed by atoms with Gasteiger partial charge in [0.15, 0.2) is 0 Å². The van der Waals surface area contributed by atoms with Crippen LogP contribution in [0.5, 0.6) is 11.5 Å². The molecule has 2 aromatic carbocycles. The highest BCUT2D eigenvalue weighted by atomic mass is 16.5. The minimum Gasteiger partial charge on any atom is -0.493 e. The molecule has 1 aliphatic carbocycles. The average molecular weight is 587 g/mol. The van der Waals surface area contributed by atoms with Crippen molar-refractivity contribution in [3.63, 3.8) is 0 Å². The monoisotopic (exact) mass is 586 g/mol. The summed E-state index contributed by atoms with van der Waals surface area (Å²) in [6, 6.07) is 12.3. The summed E-state index contributed by atoms with van der Waals surface area (Å²) in [6.07, 6.45) is -0.871. The van der Waals surface area contributed by atoms with Crippen molar-refractivity contribution in [2.75, 3.05) is 33.0 Å². The number of carboxylic acids is 1. The van der Waals surface area contributed by atoms with Crippen molar-refractivity contribution in [2.45, 2.75) is 84.3 Å². The van der Waals surface area contributed by atoms with E-state index >= 15 is 0 Å². The number of amides is 2. The molecular weight excluding hydrogens is 540 g/mol. The first-order valence-corrected chi connectivity index (χ1v) is 14.8. The molecule has 10 nitrogen and oxygen atoms in total. The Labute approximate surface area is 248 Å². The van der Waals surface area contributed by atoms with Gasteiger partial charge < -0.3 is 39.4 Å². The van der Waals surface area contributed by atoms with Gasteiger partial charge in [0, 0.05) is 26.0 Å². The van der Waals surface area contributed by atoms with Crippen LogP contribution in [0.1, 0.15) is 89.3 Å². The molecule has 2 amide bonds. The van der Waals surface area contributed by atoms with Gasteiger partial charge in [0.2, 0.25) is 0 Å². The normalized spacial score (nSPS) is 20.1. The molecule has 0 aromatic heterocycles. The van der Waals surface area contributed by atoms with Crippen molar-refractivity contribution in [1.29, 1.82) is 0 Å². The molecule has 0 bridgehead atoms. The van der Waals surface area contributed by atoms with Crippen molar-refractivity contribution in [1.82, 2.24) is 10.2 Å². The number of aliphatic hydroxyl groups is 1. The van der Waals surface area contributed by atoms with Crippen molar-refractivity contribution < 1.29 is 38.7 Å². The first kappa shape index (κ1) is 33.2. The summed E-state index contributed by atoms with van der Waals surface area (Å²) >= 11 is 0. The van der Waals surface area contributed by atoms with Crippen LogP contribution in [0.25, 0.3) is 0 Å². The molecule has 0 heterocycles. The van der Waals surface area contributed by atoms with E-state index in [-0.39, 0.29) is 38.2 Å². The van der Waals surface area contributed by atoms with E-state index in [9.17, 15) is 19.8 Å². The fourth-order valence-corrected chi connectivity index (χ4v) is 5.30. The number of aliphatic carboxylic acids is 1. The summed E-state index contributed by atoms with van der Waals surface area (Å²) in [5, 5.41) is 23.3. The number of aliphatic hydroxyl groups excluding tert-OH is 1. The number of carboxylic acid groups (broad SMARTS) is 1. The van der Waals surface area contributed by atoms with Gasteiger partial charge in [-0.25, -0.2) is 9.59 Å². The van der Waals surface area contributed by atoms with E-state index in [0.717, 1.165) is 5.56 Å². The topological polar surface area (TPSA) is 127 Å². The average Bonchev–Trinajstić information content (AvgIpc) is 2.93. The highest BCUT2D eigenvalue weighted by Gasteiger charge is 2.53. The number of hydrogen-bond donors (Lipinski definition) is 3. The predicted octanol–water partition coefficient (Wildman–Crippen LogP) is 5.41. The molecule has 42 heavy (non-hydrogen) atoms. The number of nitrogens with one attached hydrogen (secondary N) is 1. The summed E-state index contributed by atoms with van der Waals surface area (Å²) in [5.41, 5.74) is 0.852. The lowest BCUT2D eigenvalue weighted by Crippen LogP contribution is -2.66. The van der Waals surface area contributed by atoms with E-state index in [2.05, 4.69) is 5.32 Å². The van der Waals surface area contributed by atoms with Crippen LogP contribution in [0, 0.1) is 0 Å². The zero-order valence-corrected chi connectivity index (χ0v) is 25.6. The Hall–Kier alpha value is -3.34. The quantitative estimate of drug-likeness (QED) is 0.238. The molecule has 1 aliphatic rings. The van der Waals surface area contributed by atoms with Gasteiger partial charge in [0.1, 0.15) is 17.0 Å². The van der Waals surface area contributed by atoms with E-state index in [4.69, 9.17) is 18.9 Å². The number of urea groups is 1. The zero-order chi connectivity index (χ0) is 30.9. The van der Waals surface area contributed by atoms with Crippen LogP contribution in [0.3, 0.4) is 0 Å². The smallest absolute Gasteiger partial charge is 0.329 e. The molecule has 1 saturated carbocycles. The molecule has 232 valence electrons. The van der Waals surface area contributed by atoms with Gasteiger partial charge in [-0.15, -0.1) is 0 Å². The van der Waals surface area contributed by atoms with E-state index in [1.54, 1.807) is 24.0 Å². The van der Waals surface area contributed by atoms with Crippen LogP contribution < -0.4 is 14.8 Å². The maximum Gasteiger partial charge on any atom is 0.329 e. The predicted molar refractivity (Wildman–Crippen MR) is 159 cm³/mol. The Morgan fingerprint density at radius 3 is 2.07 bits per heavy atom. The molecule has 0 spiro atoms. The van der Waals surface area contributed by atoms with Crippen molar-refractivity contribution in [3.05, 3.63) is 59.2 Å². The van der Waals surface area contributed by atoms with Gasteiger partial charge in [-0.1, -0.05) is 30.3 Å². The van der Waals surface area contributed by atoms with E-state index in [1.165, 1.54) is 0 Å². The van der Waals surface area contributed by atoms with Crippen LogP contribution >= 0.6 is 0 Å². The standard InChI is InChI=1S/C32H46N2O8/c1-7-39-26-19-32(20-26,30(36)37)33-31(38)34(15-16-42-23(6)24-13-11-10-12-14-24)21(4)25-17-27(40-8-2)29(22(5)35)28(18-25)41-9-3/h10-14,17-18,21-23,26,35H,7-9,15-16,19-20H2,1-6H3,(H,33,38)(H,36,37)/t21?,22?,23-,26?,32?/m0/s1. The third kappa shape index (κ3) is 7.93. The third-order valence-corrected chi connectivity index (χ3v) is 7.63. The third-order valence-electron chi connectivity index (χ3n) is 7.63. The van der Waals surface area contributed by atoms with Gasteiger partial charge >= 0.3 is 12.0 Å². The number of carbonyl (C=O) groups is 2. The van der Waals surface area contributed by atoms with Crippen LogP contribution in [-0.2, 0) is 14.3 Å². The molecule has 0 saturated heterocycles. The lowest BCUT2D eigenvalue weighted by molar-refractivity contribution is -0.156. The van der Waals surface area contributed by atoms with Crippen LogP contribution in [-0.4, -0.2) is 71.7 Å². The second kappa shape index (κ2) is 15.2. The Kier molecular flexibility index (Phi) is 12.0. The molecule has 2 unspecified atom stereocenters. The number of nitrogens with zero attached hydrogens (tertiary/aromatic N) is 1. The van der Waals surface area contributed by atoms with Crippen LogP contribution in [0.2, 0.25) is 0 Å². The SMILES string of the molecule is CCOc1cc(C(C)N(CCO[C@@H](C)c2ccccc2)C(=O)NC2(C(=O)O)CC(OCC)C2)cc(OCC)c1C(C)O. The summed E-state index contributed by atoms with van der Waals surface area (Å²) in [7, 11) is 0. The van der Waals surface area contributed by atoms with Gasteiger partial charge in [-0.05, 0) is 64.8 Å². The molecule has 3 rings (SSSR count). The molecule has 3 N–H and O–H groups in total. The maximum atomic E-state index is 13.8. The number of ether oxygens (including phenoxy) is 4. The summed E-state index contributed by atoms with van der Waals surface area (Å²) in [6.45, 7) is 12.7. The molecular formula is C32H46N2O8. The molecule has 1 fully saturated rings. The number of carbonyl (C=O) groups excluding carboxylic acids is 1. The Morgan fingerprint density at radius 2 is 1.57 bits per heavy atom. The van der Waals surface area contributed by atoms with Gasteiger partial charge in [-0.3, -0.25) is 0 Å². The number of rotatable bonds is 16. The van der Waals surface area contributed by atoms with Crippen molar-refractivity contribution in [2.24, 2.45) is 0 Å². The largest absolute Gasteiger partial charge is 0.493 e. The molecule has 10 heteroatoms. The van der Waals surface area contributed by atoms with Gasteiger partial charge in [0.05, 0.1) is 49.7 Å². The van der Waals surface area contributed by atoms with Crippen molar-refractivity contribution in [3.8, 4) is 11.5 Å². The molecule has 3 atom stereocenters. The van der Waals surface area contributed by atoms with Crippen molar-refractivity contribution >= 4 is 12.0 Å². The van der Waals surface area contributed by atoms with Crippen LogP contribution in [0.4, 0.5) is 4.79 Å². The molecule has 0 aliphatic heterocycles. The Balaban J connectivity index is 1.91. The summed E-state index contributed by atoms with van der Waals surface area (Å²) < 4.78 is 23.4. The van der Waals surface area contributed by atoms with E-state index in [0.29, 0.717) is 42.4 Å². The fraction of sp³-hybridized carbons (Fsp3) is 0.562. The fourth-order valence-electron chi connectivity index (χ4n) is 5.30. The number of hydrogen-bond acceptors (Lipinski definition) is 7. The molecule has 2 aromatic rings. The highest BCUT2D eigenvalue weighted by Crippen LogP contribution is 2.39. The zero-order valence-electron chi connectivity index (χ0n) is 25.6. The van der Waals surface area contributed by atoms with Gasteiger partial charge in [-0.2, -0.15) is 0 Å². The second-order valence-electron chi connectivity index (χ2n) is 10.6. The molecule has 0 radical (unpaired) electrons. The summed E-state index contributed by atoms with van der Waals surface area (Å²) in [4.78, 5) is 27.7. The minimum atomic E-state index is -1.41. The second-order valence-corrected chi connectivity index (χ2v) is 10.6. The first-order chi connectivity index (χ1) is 20.1. The minimum absolute atomic E-state index is 0.192. The summed E-state index contributed by atoms with van der Waals surface area (Å²) in [5.74, 6) is -0.155. The number of benzene rings is 2. The lowest BCUT2D eigenvalue weighted by atomic mass is 9.74.